The molecule has 0 fully saturated rings. The topological polar surface area (TPSA) is 36.0 Å². The number of nitrogens with one attached hydrogen (secondary N) is 1. The summed E-state index contributed by atoms with van der Waals surface area (Å²) in [6.45, 7) is 3.70. The third kappa shape index (κ3) is 1.66. The van der Waals surface area contributed by atoms with Gasteiger partial charge in [0.15, 0.2) is 0 Å². The summed E-state index contributed by atoms with van der Waals surface area (Å²) in [6, 6.07) is 9.47. The van der Waals surface area contributed by atoms with Crippen LogP contribution in [-0.4, -0.2) is 10.1 Å². The molecule has 0 amide bonds. The first-order chi connectivity index (χ1) is 8.69. The fourth-order valence-electron chi connectivity index (χ4n) is 2.27. The fourth-order valence-corrected chi connectivity index (χ4v) is 2.44. The zero-order valence-corrected chi connectivity index (χ0v) is 10.5. The number of aromatic amines is 1. The van der Waals surface area contributed by atoms with Crippen molar-refractivity contribution in [3.05, 3.63) is 53.6 Å². The maximum Gasteiger partial charge on any atom is 0.121 e. The predicted molar refractivity (Wildman–Crippen MR) is 76.4 cm³/mol. The number of rotatable bonds is 2. The zero-order chi connectivity index (χ0) is 12.7. The molecule has 2 aromatic carbocycles. The number of aromatic hydroxyl groups is 1. The minimum absolute atomic E-state index is 0.292. The van der Waals surface area contributed by atoms with Gasteiger partial charge in [-0.25, -0.2) is 0 Å². The van der Waals surface area contributed by atoms with E-state index in [0.29, 0.717) is 17.2 Å². The van der Waals surface area contributed by atoms with E-state index < -0.39 is 0 Å². The van der Waals surface area contributed by atoms with Crippen molar-refractivity contribution >= 4 is 33.4 Å². The standard InChI is InChI=1S/C15H12ClNO/c1-2-3-9-6-11-12-7-10(16)4-5-13(12)17-14(11)8-15(9)18/h2,4-8,17-18H,1,3H2. The summed E-state index contributed by atoms with van der Waals surface area (Å²) in [4.78, 5) is 3.27. The molecule has 0 saturated heterocycles. The Hall–Kier alpha value is -1.93. The Morgan fingerprint density at radius 2 is 1.94 bits per heavy atom. The van der Waals surface area contributed by atoms with Crippen LogP contribution in [0.25, 0.3) is 21.8 Å². The zero-order valence-electron chi connectivity index (χ0n) is 9.70. The van der Waals surface area contributed by atoms with Crippen molar-refractivity contribution in [1.82, 2.24) is 4.98 Å². The number of hydrogen-bond donors (Lipinski definition) is 2. The molecule has 3 heteroatoms. The average molecular weight is 258 g/mol. The summed E-state index contributed by atoms with van der Waals surface area (Å²) >= 11 is 6.03. The van der Waals surface area contributed by atoms with Crippen LogP contribution in [0.4, 0.5) is 0 Å². The first-order valence-corrected chi connectivity index (χ1v) is 6.10. The van der Waals surface area contributed by atoms with Gasteiger partial charge in [0.2, 0.25) is 0 Å². The van der Waals surface area contributed by atoms with E-state index in [0.717, 1.165) is 27.4 Å². The van der Waals surface area contributed by atoms with Crippen molar-refractivity contribution < 1.29 is 5.11 Å². The fraction of sp³-hybridized carbons (Fsp3) is 0.0667. The molecule has 0 aliphatic rings. The maximum absolute atomic E-state index is 9.93. The van der Waals surface area contributed by atoms with E-state index in [4.69, 9.17) is 11.6 Å². The summed E-state index contributed by atoms with van der Waals surface area (Å²) in [5, 5.41) is 12.8. The van der Waals surface area contributed by atoms with Gasteiger partial charge in [0.05, 0.1) is 5.52 Å². The molecule has 0 aliphatic carbocycles. The van der Waals surface area contributed by atoms with Crippen LogP contribution < -0.4 is 0 Å². The Labute approximate surface area is 110 Å². The van der Waals surface area contributed by atoms with E-state index in [9.17, 15) is 5.11 Å². The van der Waals surface area contributed by atoms with Crippen LogP contribution in [-0.2, 0) is 6.42 Å². The number of fused-ring (bicyclic) bond motifs is 3. The summed E-state index contributed by atoms with van der Waals surface area (Å²) in [5.74, 6) is 0.292. The van der Waals surface area contributed by atoms with Crippen LogP contribution in [0.5, 0.6) is 5.75 Å². The van der Waals surface area contributed by atoms with Gasteiger partial charge in [0, 0.05) is 27.4 Å². The van der Waals surface area contributed by atoms with Crippen LogP contribution in [0.3, 0.4) is 0 Å². The number of aromatic nitrogens is 1. The third-order valence-electron chi connectivity index (χ3n) is 3.12. The van der Waals surface area contributed by atoms with Gasteiger partial charge in [-0.3, -0.25) is 0 Å². The lowest BCUT2D eigenvalue weighted by Gasteiger charge is -2.02. The van der Waals surface area contributed by atoms with E-state index >= 15 is 0 Å². The Bertz CT molecular complexity index is 758. The van der Waals surface area contributed by atoms with Gasteiger partial charge in [-0.2, -0.15) is 0 Å². The summed E-state index contributed by atoms with van der Waals surface area (Å²) < 4.78 is 0. The molecule has 0 unspecified atom stereocenters. The van der Waals surface area contributed by atoms with Crippen molar-refractivity contribution in [3.63, 3.8) is 0 Å². The lowest BCUT2D eigenvalue weighted by molar-refractivity contribution is 0.470. The Morgan fingerprint density at radius 1 is 1.17 bits per heavy atom. The first-order valence-electron chi connectivity index (χ1n) is 5.73. The summed E-state index contributed by atoms with van der Waals surface area (Å²) in [6.07, 6.45) is 2.43. The molecular formula is C15H12ClNO. The minimum atomic E-state index is 0.292. The summed E-state index contributed by atoms with van der Waals surface area (Å²) in [5.41, 5.74) is 2.81. The highest BCUT2D eigenvalue weighted by Gasteiger charge is 2.08. The Kier molecular flexibility index (Phi) is 2.53. The van der Waals surface area contributed by atoms with Crippen LogP contribution >= 0.6 is 11.6 Å². The second-order valence-electron chi connectivity index (χ2n) is 4.33. The van der Waals surface area contributed by atoms with E-state index in [1.54, 1.807) is 12.1 Å². The normalized spacial score (nSPS) is 11.2. The van der Waals surface area contributed by atoms with Gasteiger partial charge in [0.25, 0.3) is 0 Å². The van der Waals surface area contributed by atoms with Gasteiger partial charge in [-0.05, 0) is 36.2 Å². The second kappa shape index (κ2) is 4.07. The number of hydrogen-bond acceptors (Lipinski definition) is 1. The number of phenols is 1. The van der Waals surface area contributed by atoms with E-state index in [1.807, 2.05) is 24.3 Å². The molecule has 3 rings (SSSR count). The van der Waals surface area contributed by atoms with Crippen molar-refractivity contribution in [2.45, 2.75) is 6.42 Å². The van der Waals surface area contributed by atoms with Crippen LogP contribution in [0.15, 0.2) is 43.0 Å². The smallest absolute Gasteiger partial charge is 0.121 e. The van der Waals surface area contributed by atoms with Crippen molar-refractivity contribution in [3.8, 4) is 5.75 Å². The first kappa shape index (κ1) is 11.2. The van der Waals surface area contributed by atoms with Gasteiger partial charge >= 0.3 is 0 Å². The highest BCUT2D eigenvalue weighted by atomic mass is 35.5. The lowest BCUT2D eigenvalue weighted by atomic mass is 10.1. The van der Waals surface area contributed by atoms with Crippen LogP contribution in [0.2, 0.25) is 5.02 Å². The minimum Gasteiger partial charge on any atom is -0.508 e. The largest absolute Gasteiger partial charge is 0.508 e. The molecule has 0 spiro atoms. The van der Waals surface area contributed by atoms with Gasteiger partial charge in [-0.15, -0.1) is 6.58 Å². The average Bonchev–Trinajstić information content (AvgIpc) is 2.67. The second-order valence-corrected chi connectivity index (χ2v) is 4.77. The number of allylic oxidation sites excluding steroid dienone is 1. The van der Waals surface area contributed by atoms with Crippen LogP contribution in [0, 0.1) is 0 Å². The van der Waals surface area contributed by atoms with Crippen LogP contribution in [0.1, 0.15) is 5.56 Å². The molecule has 0 aliphatic heterocycles. The van der Waals surface area contributed by atoms with Crippen molar-refractivity contribution in [1.29, 1.82) is 0 Å². The molecule has 3 aromatic rings. The molecule has 18 heavy (non-hydrogen) atoms. The molecule has 0 atom stereocenters. The lowest BCUT2D eigenvalue weighted by Crippen LogP contribution is -1.82. The highest BCUT2D eigenvalue weighted by Crippen LogP contribution is 2.32. The molecule has 0 bridgehead atoms. The summed E-state index contributed by atoms with van der Waals surface area (Å²) in [7, 11) is 0. The molecule has 0 radical (unpaired) electrons. The highest BCUT2D eigenvalue weighted by molar-refractivity contribution is 6.31. The van der Waals surface area contributed by atoms with E-state index in [-0.39, 0.29) is 0 Å². The predicted octanol–water partition coefficient (Wildman–Crippen LogP) is 4.41. The maximum atomic E-state index is 9.93. The monoisotopic (exact) mass is 257 g/mol. The Morgan fingerprint density at radius 3 is 2.72 bits per heavy atom. The molecule has 1 heterocycles. The van der Waals surface area contributed by atoms with Crippen molar-refractivity contribution in [2.24, 2.45) is 0 Å². The molecular weight excluding hydrogens is 246 g/mol. The number of halogens is 1. The number of H-pyrrole nitrogens is 1. The number of benzene rings is 2. The van der Waals surface area contributed by atoms with Gasteiger partial charge in [0.1, 0.15) is 5.75 Å². The van der Waals surface area contributed by atoms with Gasteiger partial charge in [-0.1, -0.05) is 17.7 Å². The Balaban J connectivity index is 2.39. The van der Waals surface area contributed by atoms with Crippen molar-refractivity contribution in [2.75, 3.05) is 0 Å². The molecule has 2 N–H and O–H groups in total. The van der Waals surface area contributed by atoms with E-state index in [2.05, 4.69) is 11.6 Å². The SMILES string of the molecule is C=CCc1cc2c(cc1O)[nH]c1ccc(Cl)cc12. The molecule has 90 valence electrons. The quantitative estimate of drug-likeness (QED) is 0.656. The van der Waals surface area contributed by atoms with E-state index in [1.165, 1.54) is 0 Å². The molecule has 2 nitrogen and oxygen atoms in total. The molecule has 1 aromatic heterocycles. The van der Waals surface area contributed by atoms with Gasteiger partial charge < -0.3 is 10.1 Å². The number of phenolic OH excluding ortho intramolecular Hbond substituents is 1. The molecule has 0 saturated carbocycles. The third-order valence-corrected chi connectivity index (χ3v) is 3.36.